The number of nitrogens with one attached hydrogen (secondary N) is 1. The van der Waals surface area contributed by atoms with Crippen molar-refractivity contribution in [1.29, 1.82) is 0 Å². The highest BCUT2D eigenvalue weighted by molar-refractivity contribution is 5.92. The van der Waals surface area contributed by atoms with Crippen LogP contribution in [0.1, 0.15) is 12.8 Å². The predicted octanol–water partition coefficient (Wildman–Crippen LogP) is 1.32. The molecule has 1 N–H and O–H groups in total. The Bertz CT molecular complexity index is 515. The second-order valence-electron chi connectivity index (χ2n) is 5.32. The monoisotopic (exact) mass is 293 g/mol. The topological polar surface area (TPSA) is 52.7 Å². The summed E-state index contributed by atoms with van der Waals surface area (Å²) in [5.74, 6) is -0.615. The van der Waals surface area contributed by atoms with Crippen molar-refractivity contribution in [2.45, 2.75) is 12.8 Å². The van der Waals surface area contributed by atoms with Crippen molar-refractivity contribution in [2.24, 2.45) is 0 Å². The van der Waals surface area contributed by atoms with Gasteiger partial charge in [-0.3, -0.25) is 14.5 Å². The Hall–Kier alpha value is -1.95. The fourth-order valence-electron chi connectivity index (χ4n) is 2.37. The third-order valence-corrected chi connectivity index (χ3v) is 3.39. The Balaban J connectivity index is 1.77. The van der Waals surface area contributed by atoms with E-state index in [9.17, 15) is 14.0 Å². The van der Waals surface area contributed by atoms with Gasteiger partial charge in [0.2, 0.25) is 11.8 Å². The first-order valence-electron chi connectivity index (χ1n) is 7.06. The third kappa shape index (κ3) is 4.82. The molecule has 0 atom stereocenters. The number of rotatable bonds is 5. The molecule has 0 radical (unpaired) electrons. The summed E-state index contributed by atoms with van der Waals surface area (Å²) in [5, 5.41) is 2.61. The zero-order chi connectivity index (χ0) is 15.2. The Labute approximate surface area is 123 Å². The first-order chi connectivity index (χ1) is 10.0. The van der Waals surface area contributed by atoms with Crippen LogP contribution in [0.2, 0.25) is 0 Å². The normalized spacial score (nSPS) is 14.5. The summed E-state index contributed by atoms with van der Waals surface area (Å²) >= 11 is 0. The van der Waals surface area contributed by atoms with E-state index < -0.39 is 5.82 Å². The fraction of sp³-hybridized carbons (Fsp3) is 0.467. The van der Waals surface area contributed by atoms with Gasteiger partial charge in [0.05, 0.1) is 13.1 Å². The van der Waals surface area contributed by atoms with E-state index in [2.05, 4.69) is 5.32 Å². The van der Waals surface area contributed by atoms with Gasteiger partial charge in [-0.05, 0) is 38.1 Å². The van der Waals surface area contributed by atoms with E-state index in [0.717, 1.165) is 25.9 Å². The third-order valence-electron chi connectivity index (χ3n) is 3.39. The van der Waals surface area contributed by atoms with E-state index in [1.807, 2.05) is 4.90 Å². The molecule has 2 rings (SSSR count). The molecule has 1 aromatic rings. The lowest BCUT2D eigenvalue weighted by Crippen LogP contribution is -2.40. The minimum absolute atomic E-state index is 0.0496. The molecule has 0 unspecified atom stereocenters. The molecule has 21 heavy (non-hydrogen) atoms. The smallest absolute Gasteiger partial charge is 0.238 e. The maximum atomic E-state index is 13.0. The Kier molecular flexibility index (Phi) is 5.27. The fourth-order valence-corrected chi connectivity index (χ4v) is 2.37. The van der Waals surface area contributed by atoms with Crippen molar-refractivity contribution >= 4 is 17.5 Å². The molecule has 2 amide bonds. The molecule has 0 saturated carbocycles. The number of hydrogen-bond donors (Lipinski definition) is 1. The van der Waals surface area contributed by atoms with Crippen LogP contribution in [0.25, 0.3) is 0 Å². The second-order valence-corrected chi connectivity index (χ2v) is 5.32. The molecule has 1 saturated heterocycles. The molecule has 1 aromatic carbocycles. The number of likely N-dealkylation sites (N-methyl/N-ethyl adjacent to an activating group) is 1. The average Bonchev–Trinajstić information content (AvgIpc) is 2.91. The van der Waals surface area contributed by atoms with Gasteiger partial charge >= 0.3 is 0 Å². The highest BCUT2D eigenvalue weighted by Gasteiger charge is 2.19. The summed E-state index contributed by atoms with van der Waals surface area (Å²) in [6.45, 7) is 1.93. The van der Waals surface area contributed by atoms with Crippen LogP contribution in [0.4, 0.5) is 10.1 Å². The van der Waals surface area contributed by atoms with Crippen molar-refractivity contribution in [3.63, 3.8) is 0 Å². The predicted molar refractivity (Wildman–Crippen MR) is 78.3 cm³/mol. The molecule has 1 aliphatic rings. The van der Waals surface area contributed by atoms with Crippen LogP contribution in [0.15, 0.2) is 24.3 Å². The summed E-state index contributed by atoms with van der Waals surface area (Å²) < 4.78 is 13.0. The number of likely N-dealkylation sites (tertiary alicyclic amines) is 1. The van der Waals surface area contributed by atoms with Crippen molar-refractivity contribution in [3.05, 3.63) is 30.1 Å². The van der Waals surface area contributed by atoms with Crippen molar-refractivity contribution in [2.75, 3.05) is 38.5 Å². The molecule has 6 heteroatoms. The van der Waals surface area contributed by atoms with Gasteiger partial charge in [-0.15, -0.1) is 0 Å². The van der Waals surface area contributed by atoms with Crippen LogP contribution in [0.3, 0.4) is 0 Å². The number of nitrogens with zero attached hydrogens (tertiary/aromatic N) is 2. The summed E-state index contributed by atoms with van der Waals surface area (Å²) in [6.07, 6.45) is 2.10. The molecule has 0 spiro atoms. The van der Waals surface area contributed by atoms with E-state index >= 15 is 0 Å². The van der Waals surface area contributed by atoms with E-state index in [1.165, 1.54) is 18.2 Å². The highest BCUT2D eigenvalue weighted by atomic mass is 19.1. The lowest BCUT2D eigenvalue weighted by molar-refractivity contribution is -0.131. The van der Waals surface area contributed by atoms with Crippen LogP contribution < -0.4 is 5.32 Å². The van der Waals surface area contributed by atoms with Crippen molar-refractivity contribution in [3.8, 4) is 0 Å². The minimum Gasteiger partial charge on any atom is -0.342 e. The lowest BCUT2D eigenvalue weighted by atomic mass is 10.3. The van der Waals surface area contributed by atoms with Crippen LogP contribution in [-0.2, 0) is 9.59 Å². The van der Waals surface area contributed by atoms with E-state index in [4.69, 9.17) is 0 Å². The summed E-state index contributed by atoms with van der Waals surface area (Å²) in [4.78, 5) is 27.3. The quantitative estimate of drug-likeness (QED) is 0.891. The summed E-state index contributed by atoms with van der Waals surface area (Å²) in [5.41, 5.74) is 0.416. The zero-order valence-corrected chi connectivity index (χ0v) is 12.1. The molecule has 1 aliphatic heterocycles. The summed E-state index contributed by atoms with van der Waals surface area (Å²) in [7, 11) is 1.72. The zero-order valence-electron chi connectivity index (χ0n) is 12.1. The number of amides is 2. The average molecular weight is 293 g/mol. The standard InChI is InChI=1S/C15H20FN3O2/c1-18(11-15(21)19-7-2-3-8-19)10-14(20)17-13-6-4-5-12(16)9-13/h4-6,9H,2-3,7-8,10-11H2,1H3,(H,17,20). The molecule has 0 aliphatic carbocycles. The summed E-state index contributed by atoms with van der Waals surface area (Å²) in [6, 6.07) is 5.73. The number of hydrogen-bond acceptors (Lipinski definition) is 3. The number of benzene rings is 1. The molecular formula is C15H20FN3O2. The number of halogens is 1. The molecule has 114 valence electrons. The largest absolute Gasteiger partial charge is 0.342 e. The maximum absolute atomic E-state index is 13.0. The second kappa shape index (κ2) is 7.17. The van der Waals surface area contributed by atoms with Gasteiger partial charge in [0.15, 0.2) is 0 Å². The lowest BCUT2D eigenvalue weighted by Gasteiger charge is -2.20. The molecule has 0 aromatic heterocycles. The van der Waals surface area contributed by atoms with Gasteiger partial charge in [0, 0.05) is 18.8 Å². The van der Waals surface area contributed by atoms with E-state index in [0.29, 0.717) is 5.69 Å². The van der Waals surface area contributed by atoms with Crippen molar-refractivity contribution < 1.29 is 14.0 Å². The van der Waals surface area contributed by atoms with E-state index in [-0.39, 0.29) is 24.9 Å². The molecule has 5 nitrogen and oxygen atoms in total. The molecule has 1 heterocycles. The van der Waals surface area contributed by atoms with Gasteiger partial charge in [-0.25, -0.2) is 4.39 Å². The van der Waals surface area contributed by atoms with Gasteiger partial charge in [0.25, 0.3) is 0 Å². The SMILES string of the molecule is CN(CC(=O)Nc1cccc(F)c1)CC(=O)N1CCCC1. The van der Waals surface area contributed by atoms with Crippen LogP contribution in [-0.4, -0.2) is 54.8 Å². The first-order valence-corrected chi connectivity index (χ1v) is 7.06. The maximum Gasteiger partial charge on any atom is 0.238 e. The Morgan fingerprint density at radius 1 is 1.29 bits per heavy atom. The van der Waals surface area contributed by atoms with E-state index in [1.54, 1.807) is 18.0 Å². The Morgan fingerprint density at radius 3 is 2.67 bits per heavy atom. The minimum atomic E-state index is -0.398. The number of anilines is 1. The van der Waals surface area contributed by atoms with Crippen molar-refractivity contribution in [1.82, 2.24) is 9.80 Å². The van der Waals surface area contributed by atoms with Crippen LogP contribution in [0.5, 0.6) is 0 Å². The van der Waals surface area contributed by atoms with Crippen LogP contribution >= 0.6 is 0 Å². The first kappa shape index (κ1) is 15.4. The van der Waals surface area contributed by atoms with Gasteiger partial charge in [-0.1, -0.05) is 6.07 Å². The highest BCUT2D eigenvalue weighted by Crippen LogP contribution is 2.09. The number of carbonyl (C=O) groups excluding carboxylic acids is 2. The van der Waals surface area contributed by atoms with Gasteiger partial charge in [-0.2, -0.15) is 0 Å². The Morgan fingerprint density at radius 2 is 2.00 bits per heavy atom. The molecule has 0 bridgehead atoms. The van der Waals surface area contributed by atoms with Gasteiger partial charge in [0.1, 0.15) is 5.82 Å². The van der Waals surface area contributed by atoms with Crippen LogP contribution in [0, 0.1) is 5.82 Å². The number of carbonyl (C=O) groups is 2. The van der Waals surface area contributed by atoms with Gasteiger partial charge < -0.3 is 10.2 Å². The molecule has 1 fully saturated rings. The molecular weight excluding hydrogens is 273 g/mol.